The summed E-state index contributed by atoms with van der Waals surface area (Å²) in [7, 11) is 0. The van der Waals surface area contributed by atoms with Gasteiger partial charge >= 0.3 is 6.03 Å². The monoisotopic (exact) mass is 448 g/mol. The molecule has 0 aliphatic carbocycles. The van der Waals surface area contributed by atoms with Crippen LogP contribution in [0.3, 0.4) is 0 Å². The van der Waals surface area contributed by atoms with Crippen molar-refractivity contribution >= 4 is 35.1 Å². The van der Waals surface area contributed by atoms with Gasteiger partial charge in [-0.2, -0.15) is 0 Å². The number of carbonyl (C=O) groups excluding carboxylic acids is 4. The van der Waals surface area contributed by atoms with Crippen LogP contribution in [0, 0.1) is 0 Å². The molecule has 2 N–H and O–H groups in total. The molecule has 33 heavy (non-hydrogen) atoms. The fourth-order valence-corrected chi connectivity index (χ4v) is 4.32. The molecular formula is C25H28N4O4. The average molecular weight is 449 g/mol. The molecule has 0 bridgehead atoms. The maximum atomic E-state index is 13.1. The van der Waals surface area contributed by atoms with Crippen LogP contribution in [-0.2, 0) is 26.3 Å². The second-order valence-corrected chi connectivity index (χ2v) is 8.64. The Balaban J connectivity index is 1.40. The largest absolute Gasteiger partial charge is 0.325 e. The first-order valence-electron chi connectivity index (χ1n) is 11.3. The van der Waals surface area contributed by atoms with Crippen LogP contribution in [0.4, 0.5) is 16.2 Å². The van der Waals surface area contributed by atoms with Gasteiger partial charge in [0, 0.05) is 24.3 Å². The molecule has 2 aromatic rings. The summed E-state index contributed by atoms with van der Waals surface area (Å²) in [6, 6.07) is 13.9. The van der Waals surface area contributed by atoms with Gasteiger partial charge in [0.1, 0.15) is 12.1 Å². The summed E-state index contributed by atoms with van der Waals surface area (Å²) in [5.41, 5.74) is 1.93. The molecule has 5 amide bonds. The molecule has 0 aromatic heterocycles. The lowest BCUT2D eigenvalue weighted by molar-refractivity contribution is -0.133. The van der Waals surface area contributed by atoms with Crippen molar-refractivity contribution in [1.82, 2.24) is 10.2 Å². The molecular weight excluding hydrogens is 420 g/mol. The lowest BCUT2D eigenvalue weighted by Crippen LogP contribution is -2.42. The summed E-state index contributed by atoms with van der Waals surface area (Å²) in [5.74, 6) is -0.853. The Morgan fingerprint density at radius 3 is 2.36 bits per heavy atom. The third kappa shape index (κ3) is 4.46. The first kappa shape index (κ1) is 22.5. The number of aryl methyl sites for hydroxylation is 1. The number of amides is 5. The Labute approximate surface area is 192 Å². The zero-order chi connectivity index (χ0) is 23.6. The third-order valence-corrected chi connectivity index (χ3v) is 6.18. The van der Waals surface area contributed by atoms with Crippen LogP contribution in [0.2, 0.25) is 0 Å². The molecule has 0 radical (unpaired) electrons. The van der Waals surface area contributed by atoms with E-state index < -0.39 is 23.4 Å². The van der Waals surface area contributed by atoms with Gasteiger partial charge in [-0.25, -0.2) is 4.79 Å². The molecule has 2 aliphatic rings. The molecule has 172 valence electrons. The summed E-state index contributed by atoms with van der Waals surface area (Å²) in [6.45, 7) is 4.05. The summed E-state index contributed by atoms with van der Waals surface area (Å²) in [4.78, 5) is 52.7. The predicted molar refractivity (Wildman–Crippen MR) is 125 cm³/mol. The average Bonchev–Trinajstić information content (AvgIpc) is 3.32. The number of benzene rings is 2. The molecule has 0 saturated carbocycles. The van der Waals surface area contributed by atoms with Crippen molar-refractivity contribution in [2.75, 3.05) is 23.3 Å². The quantitative estimate of drug-likeness (QED) is 0.636. The molecule has 2 aliphatic heterocycles. The van der Waals surface area contributed by atoms with E-state index in [0.717, 1.165) is 35.4 Å². The van der Waals surface area contributed by atoms with E-state index in [0.29, 0.717) is 24.2 Å². The zero-order valence-corrected chi connectivity index (χ0v) is 18.9. The number of hydrogen-bond acceptors (Lipinski definition) is 4. The number of urea groups is 1. The molecule has 0 unspecified atom stereocenters. The van der Waals surface area contributed by atoms with E-state index in [1.54, 1.807) is 36.1 Å². The minimum Gasteiger partial charge on any atom is -0.325 e. The van der Waals surface area contributed by atoms with Gasteiger partial charge in [0.05, 0.1) is 0 Å². The van der Waals surface area contributed by atoms with Gasteiger partial charge in [0.2, 0.25) is 11.8 Å². The number of hydrogen-bond donors (Lipinski definition) is 2. The smallest absolute Gasteiger partial charge is 0.325 e. The highest BCUT2D eigenvalue weighted by Gasteiger charge is 2.49. The van der Waals surface area contributed by atoms with Gasteiger partial charge in [-0.15, -0.1) is 0 Å². The molecule has 8 heteroatoms. The predicted octanol–water partition coefficient (Wildman–Crippen LogP) is 3.17. The van der Waals surface area contributed by atoms with Crippen LogP contribution in [0.5, 0.6) is 0 Å². The topological polar surface area (TPSA) is 98.8 Å². The summed E-state index contributed by atoms with van der Waals surface area (Å²) >= 11 is 0. The minimum atomic E-state index is -1.22. The maximum absolute atomic E-state index is 13.1. The van der Waals surface area contributed by atoms with Crippen LogP contribution in [0.15, 0.2) is 48.5 Å². The molecule has 2 heterocycles. The molecule has 1 atom stereocenters. The van der Waals surface area contributed by atoms with E-state index in [-0.39, 0.29) is 12.5 Å². The van der Waals surface area contributed by atoms with Crippen molar-refractivity contribution in [2.45, 2.75) is 45.1 Å². The van der Waals surface area contributed by atoms with E-state index in [2.05, 4.69) is 17.6 Å². The second-order valence-electron chi connectivity index (χ2n) is 8.64. The Bertz CT molecular complexity index is 1080. The van der Waals surface area contributed by atoms with E-state index in [4.69, 9.17) is 0 Å². The second kappa shape index (κ2) is 9.05. The standard InChI is InChI=1S/C25H28N4O4/c1-3-5-17-7-9-18(10-8-17)25(2)23(32)29(24(33)27-25)16-21(30)26-19-11-13-20(14-12-19)28-15-4-6-22(28)31/h7-14H,3-6,15-16H2,1-2H3,(H,26,30)(H,27,33)/t25-/m0/s1. The number of carbonyl (C=O) groups is 4. The number of nitrogens with one attached hydrogen (secondary N) is 2. The molecule has 2 aromatic carbocycles. The van der Waals surface area contributed by atoms with Crippen molar-refractivity contribution in [3.63, 3.8) is 0 Å². The lowest BCUT2D eigenvalue weighted by Gasteiger charge is -2.22. The van der Waals surface area contributed by atoms with Crippen molar-refractivity contribution < 1.29 is 19.2 Å². The summed E-state index contributed by atoms with van der Waals surface area (Å²) in [5, 5.41) is 5.44. The van der Waals surface area contributed by atoms with E-state index >= 15 is 0 Å². The number of nitrogens with zero attached hydrogens (tertiary/aromatic N) is 2. The first-order chi connectivity index (χ1) is 15.8. The minimum absolute atomic E-state index is 0.0911. The SMILES string of the molecule is CCCc1ccc([C@]2(C)NC(=O)N(CC(=O)Nc3ccc(N4CCCC4=O)cc3)C2=O)cc1. The van der Waals surface area contributed by atoms with Crippen LogP contribution >= 0.6 is 0 Å². The van der Waals surface area contributed by atoms with Crippen LogP contribution in [-0.4, -0.2) is 41.7 Å². The van der Waals surface area contributed by atoms with Gasteiger partial charge in [-0.1, -0.05) is 37.6 Å². The van der Waals surface area contributed by atoms with Gasteiger partial charge in [0.15, 0.2) is 0 Å². The normalized spacial score (nSPS) is 20.4. The highest BCUT2D eigenvalue weighted by molar-refractivity contribution is 6.10. The fourth-order valence-electron chi connectivity index (χ4n) is 4.32. The highest BCUT2D eigenvalue weighted by atomic mass is 16.2. The third-order valence-electron chi connectivity index (χ3n) is 6.18. The Kier molecular flexibility index (Phi) is 6.18. The van der Waals surface area contributed by atoms with Gasteiger partial charge < -0.3 is 15.5 Å². The van der Waals surface area contributed by atoms with E-state index in [9.17, 15) is 19.2 Å². The summed E-state index contributed by atoms with van der Waals surface area (Å²) in [6.07, 6.45) is 3.35. The zero-order valence-electron chi connectivity index (χ0n) is 18.9. The van der Waals surface area contributed by atoms with Gasteiger partial charge in [-0.3, -0.25) is 19.3 Å². The van der Waals surface area contributed by atoms with Crippen molar-refractivity contribution in [3.8, 4) is 0 Å². The molecule has 8 nitrogen and oxygen atoms in total. The Hall–Kier alpha value is -3.68. The van der Waals surface area contributed by atoms with Gasteiger partial charge in [0.25, 0.3) is 5.91 Å². The van der Waals surface area contributed by atoms with E-state index in [1.807, 2.05) is 24.3 Å². The molecule has 2 fully saturated rings. The van der Waals surface area contributed by atoms with Crippen LogP contribution in [0.25, 0.3) is 0 Å². The Morgan fingerprint density at radius 1 is 1.06 bits per heavy atom. The lowest BCUT2D eigenvalue weighted by atomic mass is 9.91. The van der Waals surface area contributed by atoms with Crippen molar-refractivity contribution in [3.05, 3.63) is 59.7 Å². The fraction of sp³-hybridized carbons (Fsp3) is 0.360. The summed E-state index contributed by atoms with van der Waals surface area (Å²) < 4.78 is 0. The van der Waals surface area contributed by atoms with E-state index in [1.165, 1.54) is 0 Å². The van der Waals surface area contributed by atoms with Crippen LogP contribution in [0.1, 0.15) is 44.2 Å². The van der Waals surface area contributed by atoms with Crippen molar-refractivity contribution in [1.29, 1.82) is 0 Å². The highest BCUT2D eigenvalue weighted by Crippen LogP contribution is 2.29. The first-order valence-corrected chi connectivity index (χ1v) is 11.3. The number of rotatable bonds is 7. The number of imide groups is 1. The van der Waals surface area contributed by atoms with Crippen molar-refractivity contribution in [2.24, 2.45) is 0 Å². The number of anilines is 2. The molecule has 4 rings (SSSR count). The maximum Gasteiger partial charge on any atom is 0.325 e. The Morgan fingerprint density at radius 2 is 1.76 bits per heavy atom. The van der Waals surface area contributed by atoms with Crippen LogP contribution < -0.4 is 15.5 Å². The molecule has 0 spiro atoms. The molecule has 2 saturated heterocycles. The van der Waals surface area contributed by atoms with Gasteiger partial charge in [-0.05, 0) is 55.2 Å².